The van der Waals surface area contributed by atoms with Gasteiger partial charge in [0.15, 0.2) is 0 Å². The molecular formula is C13H19NO2. The Morgan fingerprint density at radius 2 is 2.19 bits per heavy atom. The second-order valence-electron chi connectivity index (χ2n) is 3.71. The number of carbonyl (C=O) groups is 1. The van der Waals surface area contributed by atoms with Crippen LogP contribution in [0.3, 0.4) is 0 Å². The number of carbonyl (C=O) groups excluding carboxylic acids is 1. The van der Waals surface area contributed by atoms with Crippen LogP contribution in [0.15, 0.2) is 24.3 Å². The fraction of sp³-hybridized carbons (Fsp3) is 0.462. The molecule has 0 aliphatic rings. The fourth-order valence-electron chi connectivity index (χ4n) is 1.48. The van der Waals surface area contributed by atoms with E-state index in [-0.39, 0.29) is 5.97 Å². The number of unbranched alkanes of at least 4 members (excludes halogenated alkanes) is 2. The maximum Gasteiger partial charge on any atom is 0.337 e. The van der Waals surface area contributed by atoms with Crippen molar-refractivity contribution in [2.75, 3.05) is 19.0 Å². The second kappa shape index (κ2) is 6.88. The van der Waals surface area contributed by atoms with Crippen molar-refractivity contribution in [1.29, 1.82) is 0 Å². The summed E-state index contributed by atoms with van der Waals surface area (Å²) in [6.45, 7) is 3.12. The largest absolute Gasteiger partial charge is 0.465 e. The number of ether oxygens (including phenoxy) is 1. The standard InChI is InChI=1S/C13H19NO2/c1-3-4-5-9-14-12-8-6-7-11(10-12)13(15)16-2/h6-8,10,14H,3-5,9H2,1-2H3. The number of hydrogen-bond acceptors (Lipinski definition) is 3. The van der Waals surface area contributed by atoms with Gasteiger partial charge in [0.1, 0.15) is 0 Å². The number of nitrogens with one attached hydrogen (secondary N) is 1. The van der Waals surface area contributed by atoms with Crippen molar-refractivity contribution in [3.63, 3.8) is 0 Å². The van der Waals surface area contributed by atoms with Crippen LogP contribution < -0.4 is 5.32 Å². The summed E-state index contributed by atoms with van der Waals surface area (Å²) < 4.78 is 4.67. The van der Waals surface area contributed by atoms with Gasteiger partial charge in [0.05, 0.1) is 12.7 Å². The lowest BCUT2D eigenvalue weighted by Crippen LogP contribution is -2.04. The lowest BCUT2D eigenvalue weighted by molar-refractivity contribution is 0.0601. The highest BCUT2D eigenvalue weighted by atomic mass is 16.5. The Morgan fingerprint density at radius 3 is 2.88 bits per heavy atom. The van der Waals surface area contributed by atoms with Gasteiger partial charge in [0, 0.05) is 12.2 Å². The number of hydrogen-bond donors (Lipinski definition) is 1. The Hall–Kier alpha value is -1.51. The number of rotatable bonds is 6. The van der Waals surface area contributed by atoms with Crippen LogP contribution in [-0.2, 0) is 4.74 Å². The molecule has 1 rings (SSSR count). The molecule has 3 nitrogen and oxygen atoms in total. The van der Waals surface area contributed by atoms with E-state index in [9.17, 15) is 4.79 Å². The number of anilines is 1. The molecule has 1 aromatic carbocycles. The first-order chi connectivity index (χ1) is 7.77. The topological polar surface area (TPSA) is 38.3 Å². The molecule has 0 aliphatic carbocycles. The number of esters is 1. The van der Waals surface area contributed by atoms with Crippen LogP contribution in [0.5, 0.6) is 0 Å². The normalized spacial score (nSPS) is 9.88. The SMILES string of the molecule is CCCCCNc1cccc(C(=O)OC)c1. The molecule has 0 heterocycles. The van der Waals surface area contributed by atoms with Crippen LogP contribution in [0.4, 0.5) is 5.69 Å². The van der Waals surface area contributed by atoms with Gasteiger partial charge in [-0.1, -0.05) is 25.8 Å². The van der Waals surface area contributed by atoms with E-state index in [4.69, 9.17) is 0 Å². The van der Waals surface area contributed by atoms with E-state index in [0.717, 1.165) is 18.7 Å². The Labute approximate surface area is 96.8 Å². The van der Waals surface area contributed by atoms with Crippen molar-refractivity contribution in [2.45, 2.75) is 26.2 Å². The molecule has 0 spiro atoms. The molecule has 1 aromatic rings. The van der Waals surface area contributed by atoms with E-state index in [1.54, 1.807) is 6.07 Å². The minimum atomic E-state index is -0.294. The van der Waals surface area contributed by atoms with Gasteiger partial charge in [-0.25, -0.2) is 4.79 Å². The second-order valence-corrected chi connectivity index (χ2v) is 3.71. The average Bonchev–Trinajstić information content (AvgIpc) is 2.34. The molecule has 0 aromatic heterocycles. The van der Waals surface area contributed by atoms with Crippen molar-refractivity contribution < 1.29 is 9.53 Å². The summed E-state index contributed by atoms with van der Waals surface area (Å²) >= 11 is 0. The quantitative estimate of drug-likeness (QED) is 0.592. The molecule has 3 heteroatoms. The van der Waals surface area contributed by atoms with Crippen LogP contribution in [0.25, 0.3) is 0 Å². The Morgan fingerprint density at radius 1 is 1.38 bits per heavy atom. The van der Waals surface area contributed by atoms with E-state index in [1.165, 1.54) is 20.0 Å². The minimum absolute atomic E-state index is 0.294. The lowest BCUT2D eigenvalue weighted by atomic mass is 10.2. The van der Waals surface area contributed by atoms with Crippen LogP contribution in [0, 0.1) is 0 Å². The minimum Gasteiger partial charge on any atom is -0.465 e. The Balaban J connectivity index is 2.50. The molecule has 0 saturated carbocycles. The third-order valence-electron chi connectivity index (χ3n) is 2.39. The third-order valence-corrected chi connectivity index (χ3v) is 2.39. The molecule has 0 radical (unpaired) electrons. The average molecular weight is 221 g/mol. The van der Waals surface area contributed by atoms with Gasteiger partial charge in [0.25, 0.3) is 0 Å². The molecular weight excluding hydrogens is 202 g/mol. The monoisotopic (exact) mass is 221 g/mol. The highest BCUT2D eigenvalue weighted by Gasteiger charge is 2.04. The van der Waals surface area contributed by atoms with Gasteiger partial charge < -0.3 is 10.1 Å². The summed E-state index contributed by atoms with van der Waals surface area (Å²) in [7, 11) is 1.39. The summed E-state index contributed by atoms with van der Waals surface area (Å²) in [4.78, 5) is 11.3. The highest BCUT2D eigenvalue weighted by molar-refractivity contribution is 5.90. The first-order valence-electron chi connectivity index (χ1n) is 5.70. The van der Waals surface area contributed by atoms with Gasteiger partial charge in [0.2, 0.25) is 0 Å². The maximum atomic E-state index is 11.3. The maximum absolute atomic E-state index is 11.3. The van der Waals surface area contributed by atoms with Crippen LogP contribution in [-0.4, -0.2) is 19.6 Å². The molecule has 0 bridgehead atoms. The Kier molecular flexibility index (Phi) is 5.40. The zero-order chi connectivity index (χ0) is 11.8. The van der Waals surface area contributed by atoms with Crippen molar-refractivity contribution in [1.82, 2.24) is 0 Å². The summed E-state index contributed by atoms with van der Waals surface area (Å²) in [5.41, 5.74) is 1.56. The zero-order valence-corrected chi connectivity index (χ0v) is 9.95. The zero-order valence-electron chi connectivity index (χ0n) is 9.95. The molecule has 88 valence electrons. The third kappa shape index (κ3) is 3.93. The first kappa shape index (κ1) is 12.6. The molecule has 1 N–H and O–H groups in total. The van der Waals surface area contributed by atoms with Crippen molar-refractivity contribution in [3.05, 3.63) is 29.8 Å². The van der Waals surface area contributed by atoms with Gasteiger partial charge >= 0.3 is 5.97 Å². The van der Waals surface area contributed by atoms with E-state index in [1.807, 2.05) is 18.2 Å². The fourth-order valence-corrected chi connectivity index (χ4v) is 1.48. The van der Waals surface area contributed by atoms with E-state index in [0.29, 0.717) is 5.56 Å². The van der Waals surface area contributed by atoms with Gasteiger partial charge in [-0.15, -0.1) is 0 Å². The molecule has 16 heavy (non-hydrogen) atoms. The van der Waals surface area contributed by atoms with Crippen molar-refractivity contribution in [2.24, 2.45) is 0 Å². The molecule has 0 atom stereocenters. The van der Waals surface area contributed by atoms with Gasteiger partial charge in [-0.05, 0) is 24.6 Å². The first-order valence-corrected chi connectivity index (χ1v) is 5.70. The summed E-state index contributed by atoms with van der Waals surface area (Å²) in [5, 5.41) is 3.29. The van der Waals surface area contributed by atoms with E-state index < -0.39 is 0 Å². The summed E-state index contributed by atoms with van der Waals surface area (Å²) in [5.74, 6) is -0.294. The molecule has 0 fully saturated rings. The van der Waals surface area contributed by atoms with Crippen LogP contribution >= 0.6 is 0 Å². The Bertz CT molecular complexity index is 336. The van der Waals surface area contributed by atoms with E-state index >= 15 is 0 Å². The molecule has 0 amide bonds. The van der Waals surface area contributed by atoms with Crippen LogP contribution in [0.1, 0.15) is 36.5 Å². The number of methoxy groups -OCH3 is 1. The smallest absolute Gasteiger partial charge is 0.337 e. The van der Waals surface area contributed by atoms with Crippen LogP contribution in [0.2, 0.25) is 0 Å². The molecule has 0 saturated heterocycles. The predicted molar refractivity (Wildman–Crippen MR) is 65.8 cm³/mol. The lowest BCUT2D eigenvalue weighted by Gasteiger charge is -2.07. The van der Waals surface area contributed by atoms with Gasteiger partial charge in [-0.3, -0.25) is 0 Å². The van der Waals surface area contributed by atoms with E-state index in [2.05, 4.69) is 17.0 Å². The summed E-state index contributed by atoms with van der Waals surface area (Å²) in [6.07, 6.45) is 3.59. The molecule has 0 unspecified atom stereocenters. The van der Waals surface area contributed by atoms with Crippen molar-refractivity contribution in [3.8, 4) is 0 Å². The summed E-state index contributed by atoms with van der Waals surface area (Å²) in [6, 6.07) is 7.38. The molecule has 0 aliphatic heterocycles. The predicted octanol–water partition coefficient (Wildman–Crippen LogP) is 3.08. The highest BCUT2D eigenvalue weighted by Crippen LogP contribution is 2.11. The van der Waals surface area contributed by atoms with Crippen molar-refractivity contribution >= 4 is 11.7 Å². The number of benzene rings is 1. The van der Waals surface area contributed by atoms with Gasteiger partial charge in [-0.2, -0.15) is 0 Å².